The smallest absolute Gasteiger partial charge is 0.330 e. The van der Waals surface area contributed by atoms with Crippen molar-refractivity contribution in [2.75, 3.05) is 0 Å². The highest BCUT2D eigenvalue weighted by atomic mass is 35.5. The fourth-order valence-corrected chi connectivity index (χ4v) is 1.73. The zero-order chi connectivity index (χ0) is 16.2. The molecule has 0 saturated carbocycles. The third-order valence-electron chi connectivity index (χ3n) is 2.62. The van der Waals surface area contributed by atoms with Crippen molar-refractivity contribution < 1.29 is 23.9 Å². The van der Waals surface area contributed by atoms with Crippen molar-refractivity contribution >= 4 is 29.4 Å². The molecule has 0 radical (unpaired) electrons. The lowest BCUT2D eigenvalue weighted by Gasteiger charge is -2.18. The first-order valence-electron chi connectivity index (χ1n) is 5.97. The van der Waals surface area contributed by atoms with Crippen LogP contribution in [-0.2, 0) is 14.4 Å². The predicted molar refractivity (Wildman–Crippen MR) is 73.2 cm³/mol. The van der Waals surface area contributed by atoms with E-state index in [9.17, 15) is 18.8 Å². The maximum atomic E-state index is 13.4. The average Bonchev–Trinajstić information content (AvgIpc) is 2.37. The molecule has 0 spiro atoms. The number of carbonyl (C=O) groups is 3. The Bertz CT molecular complexity index is 579. The quantitative estimate of drug-likeness (QED) is 0.761. The van der Waals surface area contributed by atoms with Crippen molar-refractivity contribution in [3.8, 4) is 0 Å². The van der Waals surface area contributed by atoms with E-state index in [0.717, 1.165) is 6.07 Å². The number of rotatable bonds is 5. The molecular weight excluding hydrogens is 303 g/mol. The summed E-state index contributed by atoms with van der Waals surface area (Å²) in [4.78, 5) is 33.9. The molecule has 0 saturated heterocycles. The number of aliphatic carboxylic acids is 1. The number of hydrogen-bond donors (Lipinski definition) is 3. The molecule has 2 unspecified atom stereocenters. The fourth-order valence-electron chi connectivity index (χ4n) is 1.62. The minimum absolute atomic E-state index is 0.0350. The van der Waals surface area contributed by atoms with Crippen molar-refractivity contribution in [1.29, 1.82) is 0 Å². The van der Waals surface area contributed by atoms with Gasteiger partial charge in [0, 0.05) is 6.92 Å². The van der Waals surface area contributed by atoms with Gasteiger partial charge in [-0.05, 0) is 24.6 Å². The Labute approximate surface area is 125 Å². The monoisotopic (exact) mass is 316 g/mol. The molecule has 2 amide bonds. The van der Waals surface area contributed by atoms with Gasteiger partial charge in [0.2, 0.25) is 11.8 Å². The Hall–Kier alpha value is -2.15. The Morgan fingerprint density at radius 3 is 2.38 bits per heavy atom. The van der Waals surface area contributed by atoms with Crippen LogP contribution < -0.4 is 10.6 Å². The number of nitrogens with one attached hydrogen (secondary N) is 2. The van der Waals surface area contributed by atoms with Crippen molar-refractivity contribution in [2.24, 2.45) is 0 Å². The van der Waals surface area contributed by atoms with E-state index in [-0.39, 0.29) is 10.6 Å². The summed E-state index contributed by atoms with van der Waals surface area (Å²) >= 11 is 5.52. The van der Waals surface area contributed by atoms with Crippen LogP contribution in [0.5, 0.6) is 0 Å². The number of hydrogen-bond acceptors (Lipinski definition) is 3. The normalized spacial score (nSPS) is 13.1. The largest absolute Gasteiger partial charge is 0.479 e. The van der Waals surface area contributed by atoms with Gasteiger partial charge in [-0.15, -0.1) is 0 Å². The number of carboxylic acids is 1. The number of halogens is 2. The van der Waals surface area contributed by atoms with E-state index in [1.54, 1.807) is 0 Å². The van der Waals surface area contributed by atoms with E-state index in [4.69, 9.17) is 16.7 Å². The summed E-state index contributed by atoms with van der Waals surface area (Å²) in [6, 6.07) is 1.07. The van der Waals surface area contributed by atoms with Gasteiger partial charge < -0.3 is 15.7 Å². The SMILES string of the molecule is CC(=O)NC(C)C(=O)NC(C(=O)O)c1ccc(Cl)c(F)c1. The van der Waals surface area contributed by atoms with Gasteiger partial charge >= 0.3 is 5.97 Å². The number of carboxylic acid groups (broad SMARTS) is 1. The standard InChI is InChI=1S/C13H14ClFN2O4/c1-6(16-7(2)18)12(19)17-11(13(20)21)8-3-4-9(14)10(15)5-8/h3-6,11H,1-2H3,(H,16,18)(H,17,19)(H,20,21). The van der Waals surface area contributed by atoms with Crippen LogP contribution in [-0.4, -0.2) is 28.9 Å². The number of benzene rings is 1. The molecule has 8 heteroatoms. The lowest BCUT2D eigenvalue weighted by Crippen LogP contribution is -2.46. The van der Waals surface area contributed by atoms with E-state index in [0.29, 0.717) is 0 Å². The van der Waals surface area contributed by atoms with Crippen LogP contribution in [0, 0.1) is 5.82 Å². The molecule has 114 valence electrons. The topological polar surface area (TPSA) is 95.5 Å². The van der Waals surface area contributed by atoms with Gasteiger partial charge in [0.05, 0.1) is 5.02 Å². The predicted octanol–water partition coefficient (Wildman–Crippen LogP) is 1.25. The van der Waals surface area contributed by atoms with E-state index < -0.39 is 35.7 Å². The van der Waals surface area contributed by atoms with Gasteiger partial charge in [-0.3, -0.25) is 9.59 Å². The Balaban J connectivity index is 2.92. The summed E-state index contributed by atoms with van der Waals surface area (Å²) in [5.41, 5.74) is 0.0350. The molecule has 1 aromatic rings. The van der Waals surface area contributed by atoms with E-state index in [1.807, 2.05) is 0 Å². The summed E-state index contributed by atoms with van der Waals surface area (Å²) in [5, 5.41) is 13.5. The summed E-state index contributed by atoms with van der Waals surface area (Å²) in [7, 11) is 0. The Morgan fingerprint density at radius 2 is 1.90 bits per heavy atom. The van der Waals surface area contributed by atoms with Gasteiger partial charge in [-0.2, -0.15) is 0 Å². The average molecular weight is 317 g/mol. The van der Waals surface area contributed by atoms with Gasteiger partial charge in [0.1, 0.15) is 11.9 Å². The Morgan fingerprint density at radius 1 is 1.29 bits per heavy atom. The minimum Gasteiger partial charge on any atom is -0.479 e. The maximum Gasteiger partial charge on any atom is 0.330 e. The van der Waals surface area contributed by atoms with E-state index >= 15 is 0 Å². The zero-order valence-electron chi connectivity index (χ0n) is 11.3. The molecule has 0 aromatic heterocycles. The van der Waals surface area contributed by atoms with Crippen molar-refractivity contribution in [3.05, 3.63) is 34.6 Å². The van der Waals surface area contributed by atoms with Crippen LogP contribution in [0.3, 0.4) is 0 Å². The van der Waals surface area contributed by atoms with Crippen LogP contribution in [0.1, 0.15) is 25.5 Å². The third kappa shape index (κ3) is 4.71. The van der Waals surface area contributed by atoms with Crippen LogP contribution >= 0.6 is 11.6 Å². The first-order chi connectivity index (χ1) is 9.72. The van der Waals surface area contributed by atoms with E-state index in [2.05, 4.69) is 10.6 Å². The maximum absolute atomic E-state index is 13.4. The molecule has 21 heavy (non-hydrogen) atoms. The molecule has 0 aliphatic heterocycles. The van der Waals surface area contributed by atoms with Crippen LogP contribution in [0.4, 0.5) is 4.39 Å². The molecule has 0 aliphatic carbocycles. The first-order valence-corrected chi connectivity index (χ1v) is 6.35. The highest BCUT2D eigenvalue weighted by molar-refractivity contribution is 6.30. The number of carbonyl (C=O) groups excluding carboxylic acids is 2. The summed E-state index contributed by atoms with van der Waals surface area (Å²) in [5.74, 6) is -3.28. The molecule has 0 aliphatic rings. The first kappa shape index (κ1) is 16.9. The molecule has 2 atom stereocenters. The Kier molecular flexibility index (Phi) is 5.66. The second-order valence-electron chi connectivity index (χ2n) is 4.38. The highest BCUT2D eigenvalue weighted by Gasteiger charge is 2.25. The summed E-state index contributed by atoms with van der Waals surface area (Å²) in [6.07, 6.45) is 0. The van der Waals surface area contributed by atoms with Crippen molar-refractivity contribution in [2.45, 2.75) is 25.9 Å². The summed E-state index contributed by atoms with van der Waals surface area (Å²) < 4.78 is 13.4. The molecule has 0 bridgehead atoms. The van der Waals surface area contributed by atoms with Crippen LogP contribution in [0.2, 0.25) is 5.02 Å². The van der Waals surface area contributed by atoms with Crippen molar-refractivity contribution in [1.82, 2.24) is 10.6 Å². The summed E-state index contributed by atoms with van der Waals surface area (Å²) in [6.45, 7) is 2.63. The van der Waals surface area contributed by atoms with Gasteiger partial charge in [-0.25, -0.2) is 9.18 Å². The van der Waals surface area contributed by atoms with Gasteiger partial charge in [0.15, 0.2) is 6.04 Å². The minimum atomic E-state index is -1.44. The molecule has 1 rings (SSSR count). The molecular formula is C13H14ClFN2O4. The number of amides is 2. The lowest BCUT2D eigenvalue weighted by atomic mass is 10.1. The highest BCUT2D eigenvalue weighted by Crippen LogP contribution is 2.20. The molecule has 1 aromatic carbocycles. The van der Waals surface area contributed by atoms with Gasteiger partial charge in [-0.1, -0.05) is 17.7 Å². The molecule has 0 fully saturated rings. The van der Waals surface area contributed by atoms with Crippen molar-refractivity contribution in [3.63, 3.8) is 0 Å². The fraction of sp³-hybridized carbons (Fsp3) is 0.308. The van der Waals surface area contributed by atoms with Crippen LogP contribution in [0.15, 0.2) is 18.2 Å². The molecule has 3 N–H and O–H groups in total. The molecule has 6 nitrogen and oxygen atoms in total. The van der Waals surface area contributed by atoms with Gasteiger partial charge in [0.25, 0.3) is 0 Å². The van der Waals surface area contributed by atoms with Crippen LogP contribution in [0.25, 0.3) is 0 Å². The molecule has 0 heterocycles. The third-order valence-corrected chi connectivity index (χ3v) is 2.93. The lowest BCUT2D eigenvalue weighted by molar-refractivity contribution is -0.142. The van der Waals surface area contributed by atoms with E-state index in [1.165, 1.54) is 26.0 Å². The zero-order valence-corrected chi connectivity index (χ0v) is 12.1. The second-order valence-corrected chi connectivity index (χ2v) is 4.78. The second kappa shape index (κ2) is 7.03.